The number of nitrogens with zero attached hydrogens (tertiary/aromatic N) is 2. The smallest absolute Gasteiger partial charge is 0.276 e. The molecule has 0 bridgehead atoms. The Morgan fingerprint density at radius 1 is 1.29 bits per heavy atom. The van der Waals surface area contributed by atoms with Crippen LogP contribution in [0.2, 0.25) is 0 Å². The van der Waals surface area contributed by atoms with Gasteiger partial charge in [-0.1, -0.05) is 12.1 Å². The number of thioether (sulfide) groups is 1. The third-order valence-electron chi connectivity index (χ3n) is 4.54. The number of H-pyrrole nitrogens is 1. The SMILES string of the molecule is O=C(Nc1cccc(CN2CCSCC2)c1)c1cc(C2CC2)[nH]n1. The molecule has 0 radical (unpaired) electrons. The number of aromatic amines is 1. The Kier molecular flexibility index (Phi) is 4.58. The first-order valence-corrected chi connectivity index (χ1v) is 9.69. The van der Waals surface area contributed by atoms with E-state index in [0.29, 0.717) is 11.6 Å². The summed E-state index contributed by atoms with van der Waals surface area (Å²) < 4.78 is 0. The van der Waals surface area contributed by atoms with Gasteiger partial charge in [-0.05, 0) is 36.6 Å². The molecule has 2 aliphatic rings. The molecule has 1 saturated carbocycles. The average molecular weight is 342 g/mol. The van der Waals surface area contributed by atoms with Crippen molar-refractivity contribution >= 4 is 23.4 Å². The van der Waals surface area contributed by atoms with Gasteiger partial charge in [0.15, 0.2) is 5.69 Å². The van der Waals surface area contributed by atoms with Crippen molar-refractivity contribution in [2.45, 2.75) is 25.3 Å². The zero-order chi connectivity index (χ0) is 16.4. The number of rotatable bonds is 5. The van der Waals surface area contributed by atoms with Gasteiger partial charge in [-0.15, -0.1) is 0 Å². The Bertz CT molecular complexity index is 719. The molecule has 24 heavy (non-hydrogen) atoms. The third-order valence-corrected chi connectivity index (χ3v) is 5.48. The van der Waals surface area contributed by atoms with Crippen LogP contribution in [0.3, 0.4) is 0 Å². The van der Waals surface area contributed by atoms with Gasteiger partial charge in [0.1, 0.15) is 0 Å². The van der Waals surface area contributed by atoms with Crippen molar-refractivity contribution < 1.29 is 4.79 Å². The van der Waals surface area contributed by atoms with Gasteiger partial charge in [0.05, 0.1) is 0 Å². The molecule has 2 fully saturated rings. The fraction of sp³-hybridized carbons (Fsp3) is 0.444. The number of aromatic nitrogens is 2. The Morgan fingerprint density at radius 3 is 2.92 bits per heavy atom. The minimum absolute atomic E-state index is 0.148. The van der Waals surface area contributed by atoms with Crippen LogP contribution in [-0.4, -0.2) is 45.6 Å². The molecule has 1 aliphatic carbocycles. The molecule has 1 aliphatic heterocycles. The zero-order valence-electron chi connectivity index (χ0n) is 13.6. The second-order valence-electron chi connectivity index (χ2n) is 6.53. The minimum atomic E-state index is -0.148. The van der Waals surface area contributed by atoms with Crippen LogP contribution in [0.5, 0.6) is 0 Å². The number of hydrogen-bond acceptors (Lipinski definition) is 4. The van der Waals surface area contributed by atoms with Gasteiger partial charge in [0, 0.05) is 48.4 Å². The van der Waals surface area contributed by atoms with Gasteiger partial charge in [-0.2, -0.15) is 16.9 Å². The van der Waals surface area contributed by atoms with Crippen molar-refractivity contribution in [1.82, 2.24) is 15.1 Å². The van der Waals surface area contributed by atoms with E-state index in [1.165, 1.54) is 29.9 Å². The standard InChI is InChI=1S/C18H22N4OS/c23-18(17-11-16(20-21-17)14-4-5-14)19-15-3-1-2-13(10-15)12-22-6-8-24-9-7-22/h1-3,10-11,14H,4-9,12H2,(H,19,23)(H,20,21). The van der Waals surface area contributed by atoms with E-state index >= 15 is 0 Å². The molecule has 2 heterocycles. The van der Waals surface area contributed by atoms with Crippen molar-refractivity contribution in [2.24, 2.45) is 0 Å². The second-order valence-corrected chi connectivity index (χ2v) is 7.75. The molecule has 1 amide bonds. The molecule has 1 saturated heterocycles. The van der Waals surface area contributed by atoms with Crippen LogP contribution in [0.15, 0.2) is 30.3 Å². The van der Waals surface area contributed by atoms with Crippen molar-refractivity contribution in [3.05, 3.63) is 47.3 Å². The first kappa shape index (κ1) is 15.7. The highest BCUT2D eigenvalue weighted by Crippen LogP contribution is 2.39. The summed E-state index contributed by atoms with van der Waals surface area (Å²) >= 11 is 2.02. The van der Waals surface area contributed by atoms with Gasteiger partial charge in [-0.25, -0.2) is 0 Å². The van der Waals surface area contributed by atoms with E-state index in [1.54, 1.807) is 0 Å². The Balaban J connectivity index is 1.39. The number of nitrogens with one attached hydrogen (secondary N) is 2. The predicted octanol–water partition coefficient (Wildman–Crippen LogP) is 3.09. The molecule has 1 aromatic carbocycles. The first-order valence-electron chi connectivity index (χ1n) is 8.53. The fourth-order valence-corrected chi connectivity index (χ4v) is 4.00. The third kappa shape index (κ3) is 3.82. The highest BCUT2D eigenvalue weighted by Gasteiger charge is 2.26. The van der Waals surface area contributed by atoms with Gasteiger partial charge in [0.2, 0.25) is 0 Å². The number of benzene rings is 1. The minimum Gasteiger partial charge on any atom is -0.321 e. The topological polar surface area (TPSA) is 61.0 Å². The van der Waals surface area contributed by atoms with Crippen molar-refractivity contribution in [2.75, 3.05) is 29.9 Å². The molecule has 0 spiro atoms. The van der Waals surface area contributed by atoms with Crippen LogP contribution in [-0.2, 0) is 6.54 Å². The molecule has 0 unspecified atom stereocenters. The summed E-state index contributed by atoms with van der Waals surface area (Å²) in [7, 11) is 0. The fourth-order valence-electron chi connectivity index (χ4n) is 3.02. The molecule has 2 N–H and O–H groups in total. The van der Waals surface area contributed by atoms with Crippen LogP contribution in [0, 0.1) is 0 Å². The Hall–Kier alpha value is -1.79. The zero-order valence-corrected chi connectivity index (χ0v) is 14.4. The number of hydrogen-bond donors (Lipinski definition) is 2. The number of carbonyl (C=O) groups is 1. The largest absolute Gasteiger partial charge is 0.321 e. The van der Waals surface area contributed by atoms with E-state index in [0.717, 1.165) is 31.0 Å². The maximum atomic E-state index is 12.4. The summed E-state index contributed by atoms with van der Waals surface area (Å²) in [5.41, 5.74) is 3.62. The number of amides is 1. The summed E-state index contributed by atoms with van der Waals surface area (Å²) in [6.07, 6.45) is 2.39. The summed E-state index contributed by atoms with van der Waals surface area (Å²) in [5, 5.41) is 10.1. The maximum absolute atomic E-state index is 12.4. The lowest BCUT2D eigenvalue weighted by Crippen LogP contribution is -2.31. The number of anilines is 1. The van der Waals surface area contributed by atoms with Crippen molar-refractivity contribution in [1.29, 1.82) is 0 Å². The highest BCUT2D eigenvalue weighted by molar-refractivity contribution is 7.99. The molecule has 4 rings (SSSR count). The molecule has 5 nitrogen and oxygen atoms in total. The lowest BCUT2D eigenvalue weighted by atomic mass is 10.2. The second kappa shape index (κ2) is 6.99. The molecule has 2 aromatic rings. The summed E-state index contributed by atoms with van der Waals surface area (Å²) in [6.45, 7) is 3.22. The Morgan fingerprint density at radius 2 is 2.12 bits per heavy atom. The summed E-state index contributed by atoms with van der Waals surface area (Å²) in [6, 6.07) is 10.00. The van der Waals surface area contributed by atoms with Crippen molar-refractivity contribution in [3.63, 3.8) is 0 Å². The van der Waals surface area contributed by atoms with E-state index in [9.17, 15) is 4.79 Å². The molecule has 0 atom stereocenters. The Labute approximate surface area is 146 Å². The van der Waals surface area contributed by atoms with Crippen LogP contribution < -0.4 is 5.32 Å². The van der Waals surface area contributed by atoms with Gasteiger partial charge in [-0.3, -0.25) is 14.8 Å². The van der Waals surface area contributed by atoms with E-state index in [2.05, 4.69) is 32.5 Å². The molecule has 1 aromatic heterocycles. The van der Waals surface area contributed by atoms with Crippen LogP contribution in [0.4, 0.5) is 5.69 Å². The molecule has 6 heteroatoms. The van der Waals surface area contributed by atoms with E-state index in [-0.39, 0.29) is 5.91 Å². The normalized spacial score (nSPS) is 18.5. The first-order chi connectivity index (χ1) is 11.8. The highest BCUT2D eigenvalue weighted by atomic mass is 32.2. The van der Waals surface area contributed by atoms with Crippen LogP contribution in [0.1, 0.15) is 40.5 Å². The quantitative estimate of drug-likeness (QED) is 0.876. The summed E-state index contributed by atoms with van der Waals surface area (Å²) in [4.78, 5) is 14.8. The van der Waals surface area contributed by atoms with Crippen LogP contribution >= 0.6 is 11.8 Å². The number of carbonyl (C=O) groups excluding carboxylic acids is 1. The maximum Gasteiger partial charge on any atom is 0.276 e. The monoisotopic (exact) mass is 342 g/mol. The lowest BCUT2D eigenvalue weighted by molar-refractivity contribution is 0.102. The van der Waals surface area contributed by atoms with E-state index in [4.69, 9.17) is 0 Å². The molecular weight excluding hydrogens is 320 g/mol. The van der Waals surface area contributed by atoms with E-state index in [1.807, 2.05) is 30.0 Å². The van der Waals surface area contributed by atoms with Crippen molar-refractivity contribution in [3.8, 4) is 0 Å². The van der Waals surface area contributed by atoms with Gasteiger partial charge >= 0.3 is 0 Å². The van der Waals surface area contributed by atoms with Crippen LogP contribution in [0.25, 0.3) is 0 Å². The average Bonchev–Trinajstić information content (AvgIpc) is 3.33. The summed E-state index contributed by atoms with van der Waals surface area (Å²) in [5.74, 6) is 2.84. The lowest BCUT2D eigenvalue weighted by Gasteiger charge is -2.26. The predicted molar refractivity (Wildman–Crippen MR) is 97.6 cm³/mol. The molecular formula is C18H22N4OS. The van der Waals surface area contributed by atoms with Gasteiger partial charge in [0.25, 0.3) is 5.91 Å². The molecule has 126 valence electrons. The van der Waals surface area contributed by atoms with Gasteiger partial charge < -0.3 is 5.32 Å². The van der Waals surface area contributed by atoms with E-state index < -0.39 is 0 Å².